The smallest absolute Gasteiger partial charge is 0.244 e. The highest BCUT2D eigenvalue weighted by molar-refractivity contribution is 5.91. The zero-order valence-electron chi connectivity index (χ0n) is 16.4. The number of benzene rings is 2. The van der Waals surface area contributed by atoms with Gasteiger partial charge in [0, 0.05) is 24.4 Å². The van der Waals surface area contributed by atoms with E-state index in [-0.39, 0.29) is 11.9 Å². The molecule has 1 atom stereocenters. The van der Waals surface area contributed by atoms with Crippen LogP contribution in [-0.2, 0) is 4.79 Å². The summed E-state index contributed by atoms with van der Waals surface area (Å²) in [6.07, 6.45) is 9.50. The van der Waals surface area contributed by atoms with Crippen molar-refractivity contribution in [2.24, 2.45) is 0 Å². The van der Waals surface area contributed by atoms with Crippen LogP contribution in [0.1, 0.15) is 30.0 Å². The van der Waals surface area contributed by atoms with Crippen molar-refractivity contribution < 1.29 is 4.79 Å². The maximum atomic E-state index is 12.4. The van der Waals surface area contributed by atoms with E-state index in [1.807, 2.05) is 42.6 Å². The largest absolute Gasteiger partial charge is 0.351 e. The highest BCUT2D eigenvalue weighted by Crippen LogP contribution is 2.24. The lowest BCUT2D eigenvalue weighted by atomic mass is 10.1. The first-order valence-electron chi connectivity index (χ1n) is 10.1. The molecule has 1 aliphatic heterocycles. The summed E-state index contributed by atoms with van der Waals surface area (Å²) in [5, 5.41) is 7.43. The Hall–Kier alpha value is -3.18. The topological polar surface area (TPSA) is 50.2 Å². The molecule has 5 heteroatoms. The number of carbonyl (C=O) groups is 1. The lowest BCUT2D eigenvalue weighted by Crippen LogP contribution is -2.36. The molecule has 29 heavy (non-hydrogen) atoms. The van der Waals surface area contributed by atoms with E-state index < -0.39 is 0 Å². The van der Waals surface area contributed by atoms with Gasteiger partial charge >= 0.3 is 0 Å². The van der Waals surface area contributed by atoms with Crippen LogP contribution >= 0.6 is 0 Å². The molecule has 148 valence electrons. The van der Waals surface area contributed by atoms with Gasteiger partial charge in [-0.25, -0.2) is 4.68 Å². The average molecular weight is 386 g/mol. The van der Waals surface area contributed by atoms with Crippen molar-refractivity contribution in [3.63, 3.8) is 0 Å². The third kappa shape index (κ3) is 5.00. The molecule has 4 rings (SSSR count). The molecule has 0 saturated carbocycles. The van der Waals surface area contributed by atoms with Gasteiger partial charge in [0.2, 0.25) is 5.91 Å². The normalized spacial score (nSPS) is 15.6. The van der Waals surface area contributed by atoms with Gasteiger partial charge in [0.25, 0.3) is 0 Å². The zero-order chi connectivity index (χ0) is 19.9. The second-order valence-corrected chi connectivity index (χ2v) is 7.30. The van der Waals surface area contributed by atoms with E-state index in [2.05, 4.69) is 39.6 Å². The van der Waals surface area contributed by atoms with Crippen LogP contribution in [0.15, 0.2) is 79.1 Å². The number of aromatic nitrogens is 2. The van der Waals surface area contributed by atoms with Gasteiger partial charge in [-0.15, -0.1) is 0 Å². The SMILES string of the molecule is O=C(/C=C/c1cnn(-c2ccccc2)c1)NCC(c1ccccc1)N1CCCC1. The predicted molar refractivity (Wildman–Crippen MR) is 116 cm³/mol. The third-order valence-electron chi connectivity index (χ3n) is 5.29. The Kier molecular flexibility index (Phi) is 6.17. The minimum absolute atomic E-state index is 0.0856. The van der Waals surface area contributed by atoms with E-state index in [1.54, 1.807) is 23.0 Å². The van der Waals surface area contributed by atoms with E-state index in [1.165, 1.54) is 18.4 Å². The lowest BCUT2D eigenvalue weighted by Gasteiger charge is -2.28. The highest BCUT2D eigenvalue weighted by atomic mass is 16.1. The van der Waals surface area contributed by atoms with Gasteiger partial charge in [-0.05, 0) is 49.7 Å². The molecule has 1 fully saturated rings. The number of carbonyl (C=O) groups excluding carboxylic acids is 1. The van der Waals surface area contributed by atoms with Crippen molar-refractivity contribution in [2.75, 3.05) is 19.6 Å². The summed E-state index contributed by atoms with van der Waals surface area (Å²) in [5.41, 5.74) is 3.14. The van der Waals surface area contributed by atoms with Crippen LogP contribution in [0.5, 0.6) is 0 Å². The number of likely N-dealkylation sites (tertiary alicyclic amines) is 1. The summed E-state index contributed by atoms with van der Waals surface area (Å²) in [6, 6.07) is 20.6. The monoisotopic (exact) mass is 386 g/mol. The van der Waals surface area contributed by atoms with Crippen molar-refractivity contribution >= 4 is 12.0 Å². The number of nitrogens with one attached hydrogen (secondary N) is 1. The van der Waals surface area contributed by atoms with Crippen molar-refractivity contribution in [1.29, 1.82) is 0 Å². The number of amides is 1. The van der Waals surface area contributed by atoms with Crippen LogP contribution in [0.2, 0.25) is 0 Å². The van der Waals surface area contributed by atoms with E-state index in [0.717, 1.165) is 24.3 Å². The van der Waals surface area contributed by atoms with Crippen molar-refractivity contribution in [3.05, 3.63) is 90.3 Å². The minimum Gasteiger partial charge on any atom is -0.351 e. The predicted octanol–water partition coefficient (Wildman–Crippen LogP) is 3.84. The first-order chi connectivity index (χ1) is 14.3. The summed E-state index contributed by atoms with van der Waals surface area (Å²) in [7, 11) is 0. The summed E-state index contributed by atoms with van der Waals surface area (Å²) < 4.78 is 1.80. The Bertz CT molecular complexity index is 943. The van der Waals surface area contributed by atoms with E-state index in [9.17, 15) is 4.79 Å². The fourth-order valence-electron chi connectivity index (χ4n) is 3.76. The fourth-order valence-corrected chi connectivity index (χ4v) is 3.76. The summed E-state index contributed by atoms with van der Waals surface area (Å²) >= 11 is 0. The quantitative estimate of drug-likeness (QED) is 0.628. The van der Waals surface area contributed by atoms with Gasteiger partial charge in [-0.3, -0.25) is 9.69 Å². The number of rotatable bonds is 7. The van der Waals surface area contributed by atoms with Crippen LogP contribution in [-0.4, -0.2) is 40.2 Å². The molecule has 0 radical (unpaired) electrons. The zero-order valence-corrected chi connectivity index (χ0v) is 16.4. The Morgan fingerprint density at radius 2 is 1.72 bits per heavy atom. The molecule has 2 aromatic carbocycles. The molecular formula is C24H26N4O. The van der Waals surface area contributed by atoms with E-state index in [4.69, 9.17) is 0 Å². The number of nitrogens with zero attached hydrogens (tertiary/aromatic N) is 3. The Labute approximate surface area is 171 Å². The highest BCUT2D eigenvalue weighted by Gasteiger charge is 2.23. The van der Waals surface area contributed by atoms with Gasteiger partial charge < -0.3 is 5.32 Å². The van der Waals surface area contributed by atoms with E-state index in [0.29, 0.717) is 6.54 Å². The van der Waals surface area contributed by atoms with Gasteiger partial charge in [0.15, 0.2) is 0 Å². The van der Waals surface area contributed by atoms with Crippen molar-refractivity contribution in [3.8, 4) is 5.69 Å². The van der Waals surface area contributed by atoms with Gasteiger partial charge in [0.1, 0.15) is 0 Å². The molecule has 3 aromatic rings. The van der Waals surface area contributed by atoms with Crippen LogP contribution < -0.4 is 5.32 Å². The van der Waals surface area contributed by atoms with Crippen LogP contribution in [0, 0.1) is 0 Å². The standard InChI is InChI=1S/C24H26N4O/c29-24(14-13-20-17-26-28(19-20)22-11-5-2-6-12-22)25-18-23(27-15-7-8-16-27)21-9-3-1-4-10-21/h1-6,9-14,17,19,23H,7-8,15-16,18H2,(H,25,29)/b14-13+. The molecule has 0 aliphatic carbocycles. The molecule has 1 unspecified atom stereocenters. The first kappa shape index (κ1) is 19.2. The molecular weight excluding hydrogens is 360 g/mol. The third-order valence-corrected chi connectivity index (χ3v) is 5.29. The van der Waals surface area contributed by atoms with Gasteiger partial charge in [-0.1, -0.05) is 48.5 Å². The number of hydrogen-bond donors (Lipinski definition) is 1. The summed E-state index contributed by atoms with van der Waals surface area (Å²) in [5.74, 6) is -0.0856. The summed E-state index contributed by atoms with van der Waals surface area (Å²) in [6.45, 7) is 2.78. The Morgan fingerprint density at radius 1 is 1.03 bits per heavy atom. The number of para-hydroxylation sites is 1. The average Bonchev–Trinajstić information content (AvgIpc) is 3.46. The molecule has 1 aromatic heterocycles. The maximum absolute atomic E-state index is 12.4. The molecule has 5 nitrogen and oxygen atoms in total. The second-order valence-electron chi connectivity index (χ2n) is 7.30. The molecule has 1 amide bonds. The molecule has 1 saturated heterocycles. The molecule has 0 bridgehead atoms. The molecule has 1 aliphatic rings. The maximum Gasteiger partial charge on any atom is 0.244 e. The van der Waals surface area contributed by atoms with Crippen molar-refractivity contribution in [1.82, 2.24) is 20.0 Å². The van der Waals surface area contributed by atoms with Crippen LogP contribution in [0.25, 0.3) is 11.8 Å². The van der Waals surface area contributed by atoms with E-state index >= 15 is 0 Å². The Morgan fingerprint density at radius 3 is 2.45 bits per heavy atom. The molecule has 2 heterocycles. The van der Waals surface area contributed by atoms with Gasteiger partial charge in [-0.2, -0.15) is 5.10 Å². The first-order valence-corrected chi connectivity index (χ1v) is 10.1. The second kappa shape index (κ2) is 9.34. The molecule has 1 N–H and O–H groups in total. The lowest BCUT2D eigenvalue weighted by molar-refractivity contribution is -0.116. The summed E-state index contributed by atoms with van der Waals surface area (Å²) in [4.78, 5) is 14.9. The number of hydrogen-bond acceptors (Lipinski definition) is 3. The van der Waals surface area contributed by atoms with Crippen molar-refractivity contribution in [2.45, 2.75) is 18.9 Å². The van der Waals surface area contributed by atoms with Gasteiger partial charge in [0.05, 0.1) is 17.9 Å². The van der Waals surface area contributed by atoms with Crippen LogP contribution in [0.3, 0.4) is 0 Å². The fraction of sp³-hybridized carbons (Fsp3) is 0.250. The molecule has 0 spiro atoms. The Balaban J connectivity index is 1.37. The van der Waals surface area contributed by atoms with Crippen LogP contribution in [0.4, 0.5) is 0 Å². The minimum atomic E-state index is -0.0856.